The minimum Gasteiger partial charge on any atom is -0.350 e. The van der Waals surface area contributed by atoms with Gasteiger partial charge in [-0.15, -0.1) is 0 Å². The number of rotatable bonds is 3. The first-order valence-corrected chi connectivity index (χ1v) is 9.25. The highest BCUT2D eigenvalue weighted by molar-refractivity contribution is 5.96. The first-order valence-electron chi connectivity index (χ1n) is 9.25. The molecule has 140 valence electrons. The van der Waals surface area contributed by atoms with Gasteiger partial charge in [0, 0.05) is 31.7 Å². The number of benzene rings is 1. The first-order chi connectivity index (χ1) is 13.0. The Balaban J connectivity index is 1.53. The molecule has 2 amide bonds. The van der Waals surface area contributed by atoms with Crippen molar-refractivity contribution in [2.45, 2.75) is 26.8 Å². The smallest absolute Gasteiger partial charge is 0.270 e. The van der Waals surface area contributed by atoms with E-state index in [2.05, 4.69) is 40.4 Å². The number of fused-ring (bicyclic) bond motifs is 1. The quantitative estimate of drug-likeness (QED) is 0.885. The molecule has 1 fully saturated rings. The monoisotopic (exact) mass is 365 g/mol. The standard InChI is InChI=1S/C20H23N5O2/c1-13-4-3-5-15(10-13)11-24-8-9-25(12-17(24)26)19-16-6-7-21-20(27)18(16)22-14(2)23-19/h3-5,10H,6-9,11-12H2,1-2H3,(H,21,27). The zero-order valence-corrected chi connectivity index (χ0v) is 15.7. The predicted molar refractivity (Wildman–Crippen MR) is 102 cm³/mol. The third-order valence-electron chi connectivity index (χ3n) is 5.05. The highest BCUT2D eigenvalue weighted by atomic mass is 16.2. The molecule has 0 saturated carbocycles. The highest BCUT2D eigenvalue weighted by Gasteiger charge is 2.30. The number of nitrogens with zero attached hydrogens (tertiary/aromatic N) is 4. The number of nitrogens with one attached hydrogen (secondary N) is 1. The Morgan fingerprint density at radius 2 is 2.00 bits per heavy atom. The van der Waals surface area contributed by atoms with Crippen LogP contribution in [0.2, 0.25) is 0 Å². The minimum absolute atomic E-state index is 0.0769. The fourth-order valence-electron chi connectivity index (χ4n) is 3.73. The molecule has 3 heterocycles. The van der Waals surface area contributed by atoms with E-state index in [9.17, 15) is 9.59 Å². The summed E-state index contributed by atoms with van der Waals surface area (Å²) in [5.74, 6) is 1.20. The lowest BCUT2D eigenvalue weighted by Crippen LogP contribution is -2.51. The van der Waals surface area contributed by atoms with Crippen LogP contribution in [0.15, 0.2) is 24.3 Å². The molecule has 4 rings (SSSR count). The van der Waals surface area contributed by atoms with E-state index in [0.29, 0.717) is 44.1 Å². The third kappa shape index (κ3) is 3.49. The molecule has 2 aromatic rings. The molecule has 0 aliphatic carbocycles. The summed E-state index contributed by atoms with van der Waals surface area (Å²) in [6.07, 6.45) is 0.689. The Labute approximate surface area is 158 Å². The Morgan fingerprint density at radius 1 is 1.15 bits per heavy atom. The van der Waals surface area contributed by atoms with Crippen LogP contribution < -0.4 is 10.2 Å². The van der Waals surface area contributed by atoms with Gasteiger partial charge in [-0.05, 0) is 25.8 Å². The average Bonchev–Trinajstić information content (AvgIpc) is 2.64. The normalized spacial score (nSPS) is 17.0. The summed E-state index contributed by atoms with van der Waals surface area (Å²) >= 11 is 0. The van der Waals surface area contributed by atoms with Crippen LogP contribution in [0.5, 0.6) is 0 Å². The van der Waals surface area contributed by atoms with Crippen molar-refractivity contribution >= 4 is 17.6 Å². The molecule has 7 nitrogen and oxygen atoms in total. The van der Waals surface area contributed by atoms with E-state index >= 15 is 0 Å². The molecule has 7 heteroatoms. The van der Waals surface area contributed by atoms with Crippen LogP contribution in [0, 0.1) is 13.8 Å². The fraction of sp³-hybridized carbons (Fsp3) is 0.400. The van der Waals surface area contributed by atoms with Crippen LogP contribution in [0.25, 0.3) is 0 Å². The first kappa shape index (κ1) is 17.5. The highest BCUT2D eigenvalue weighted by Crippen LogP contribution is 2.25. The molecule has 1 aromatic heterocycles. The number of piperazine rings is 1. The molecule has 0 radical (unpaired) electrons. The van der Waals surface area contributed by atoms with Gasteiger partial charge in [0.1, 0.15) is 17.3 Å². The van der Waals surface area contributed by atoms with Crippen molar-refractivity contribution in [3.05, 3.63) is 52.5 Å². The molecule has 2 aliphatic heterocycles. The van der Waals surface area contributed by atoms with Crippen LogP contribution in [0.1, 0.15) is 33.0 Å². The molecule has 1 N–H and O–H groups in total. The second-order valence-corrected chi connectivity index (χ2v) is 7.15. The van der Waals surface area contributed by atoms with E-state index in [-0.39, 0.29) is 18.4 Å². The van der Waals surface area contributed by atoms with Gasteiger partial charge in [0.2, 0.25) is 5.91 Å². The number of hydrogen-bond acceptors (Lipinski definition) is 5. The minimum atomic E-state index is -0.160. The zero-order chi connectivity index (χ0) is 19.0. The summed E-state index contributed by atoms with van der Waals surface area (Å²) in [6, 6.07) is 8.24. The van der Waals surface area contributed by atoms with Crippen molar-refractivity contribution in [3.63, 3.8) is 0 Å². The van der Waals surface area contributed by atoms with Gasteiger partial charge in [0.15, 0.2) is 0 Å². The van der Waals surface area contributed by atoms with Crippen LogP contribution in [0.3, 0.4) is 0 Å². The van der Waals surface area contributed by atoms with Crippen molar-refractivity contribution in [3.8, 4) is 0 Å². The number of carbonyl (C=O) groups is 2. The fourth-order valence-corrected chi connectivity index (χ4v) is 3.73. The molecule has 0 unspecified atom stereocenters. The van der Waals surface area contributed by atoms with Crippen molar-refractivity contribution in [2.75, 3.05) is 31.1 Å². The Hall–Kier alpha value is -2.96. The van der Waals surface area contributed by atoms with E-state index in [1.54, 1.807) is 6.92 Å². The maximum absolute atomic E-state index is 12.7. The Bertz CT molecular complexity index is 911. The van der Waals surface area contributed by atoms with Gasteiger partial charge in [0.05, 0.1) is 6.54 Å². The lowest BCUT2D eigenvalue weighted by Gasteiger charge is -2.36. The summed E-state index contributed by atoms with van der Waals surface area (Å²) in [5, 5.41) is 2.82. The summed E-state index contributed by atoms with van der Waals surface area (Å²) < 4.78 is 0. The van der Waals surface area contributed by atoms with Crippen molar-refractivity contribution < 1.29 is 9.59 Å². The van der Waals surface area contributed by atoms with Gasteiger partial charge in [-0.25, -0.2) is 9.97 Å². The van der Waals surface area contributed by atoms with Crippen molar-refractivity contribution in [1.29, 1.82) is 0 Å². The second kappa shape index (κ2) is 6.98. The second-order valence-electron chi connectivity index (χ2n) is 7.15. The zero-order valence-electron chi connectivity index (χ0n) is 15.7. The maximum Gasteiger partial charge on any atom is 0.270 e. The van der Waals surface area contributed by atoms with Gasteiger partial charge < -0.3 is 15.1 Å². The van der Waals surface area contributed by atoms with Gasteiger partial charge >= 0.3 is 0 Å². The molecule has 1 aromatic carbocycles. The van der Waals surface area contributed by atoms with Gasteiger partial charge in [0.25, 0.3) is 5.91 Å². The lowest BCUT2D eigenvalue weighted by molar-refractivity contribution is -0.131. The van der Waals surface area contributed by atoms with E-state index < -0.39 is 0 Å². The topological polar surface area (TPSA) is 78.4 Å². The summed E-state index contributed by atoms with van der Waals surface area (Å²) in [7, 11) is 0. The molecule has 0 spiro atoms. The molecule has 27 heavy (non-hydrogen) atoms. The summed E-state index contributed by atoms with van der Waals surface area (Å²) in [6.45, 7) is 6.64. The molecule has 0 atom stereocenters. The molecule has 2 aliphatic rings. The van der Waals surface area contributed by atoms with Gasteiger partial charge in [-0.3, -0.25) is 9.59 Å². The number of amides is 2. The third-order valence-corrected chi connectivity index (χ3v) is 5.05. The van der Waals surface area contributed by atoms with Gasteiger partial charge in [-0.1, -0.05) is 29.8 Å². The SMILES string of the molecule is Cc1cccc(CN2CCN(c3nc(C)nc4c3CCNC4=O)CC2=O)c1. The molecular weight excluding hydrogens is 342 g/mol. The van der Waals surface area contributed by atoms with Crippen molar-refractivity contribution in [2.24, 2.45) is 0 Å². The molecule has 1 saturated heterocycles. The Kier molecular flexibility index (Phi) is 4.51. The lowest BCUT2D eigenvalue weighted by atomic mass is 10.1. The molecule has 0 bridgehead atoms. The van der Waals surface area contributed by atoms with E-state index in [1.807, 2.05) is 15.9 Å². The van der Waals surface area contributed by atoms with Crippen molar-refractivity contribution in [1.82, 2.24) is 20.2 Å². The van der Waals surface area contributed by atoms with Crippen LogP contribution in [-0.2, 0) is 17.8 Å². The number of aryl methyl sites for hydroxylation is 2. The summed E-state index contributed by atoms with van der Waals surface area (Å²) in [5.41, 5.74) is 3.63. The molecular formula is C20H23N5O2. The number of carbonyl (C=O) groups excluding carboxylic acids is 2. The number of anilines is 1. The van der Waals surface area contributed by atoms with E-state index in [1.165, 1.54) is 5.56 Å². The van der Waals surface area contributed by atoms with Crippen LogP contribution >= 0.6 is 0 Å². The number of aromatic nitrogens is 2. The Morgan fingerprint density at radius 3 is 2.78 bits per heavy atom. The predicted octanol–water partition coefficient (Wildman–Crippen LogP) is 1.23. The maximum atomic E-state index is 12.7. The van der Waals surface area contributed by atoms with Crippen LogP contribution in [-0.4, -0.2) is 52.9 Å². The number of hydrogen-bond donors (Lipinski definition) is 1. The largest absolute Gasteiger partial charge is 0.350 e. The average molecular weight is 365 g/mol. The summed E-state index contributed by atoms with van der Waals surface area (Å²) in [4.78, 5) is 37.6. The van der Waals surface area contributed by atoms with E-state index in [0.717, 1.165) is 16.9 Å². The van der Waals surface area contributed by atoms with Crippen LogP contribution in [0.4, 0.5) is 5.82 Å². The van der Waals surface area contributed by atoms with Gasteiger partial charge in [-0.2, -0.15) is 0 Å². The van der Waals surface area contributed by atoms with E-state index in [4.69, 9.17) is 0 Å².